The molecule has 2 fully saturated rings. The Morgan fingerprint density at radius 3 is 2.24 bits per heavy atom. The molecule has 2 heterocycles. The number of hydrogen-bond acceptors (Lipinski definition) is 4. The predicted molar refractivity (Wildman–Crippen MR) is 126 cm³/mol. The molecule has 0 saturated carbocycles. The van der Waals surface area contributed by atoms with Crippen molar-refractivity contribution < 1.29 is 18.0 Å². The Morgan fingerprint density at radius 2 is 1.58 bits per heavy atom. The van der Waals surface area contributed by atoms with E-state index in [1.165, 1.54) is 35.0 Å². The first-order valence-corrected chi connectivity index (χ1v) is 13.1. The molecule has 0 bridgehead atoms. The maximum absolute atomic E-state index is 13.0. The smallest absolute Gasteiger partial charge is 0.253 e. The van der Waals surface area contributed by atoms with Crippen LogP contribution in [0.3, 0.4) is 0 Å². The van der Waals surface area contributed by atoms with Gasteiger partial charge in [-0.3, -0.25) is 9.59 Å². The Hall–Kier alpha value is -2.42. The summed E-state index contributed by atoms with van der Waals surface area (Å²) in [5.41, 5.74) is 1.49. The Labute approximate surface area is 199 Å². The molecule has 1 N–H and O–H groups in total. The number of piperidine rings is 1. The van der Waals surface area contributed by atoms with E-state index in [4.69, 9.17) is 11.6 Å². The van der Waals surface area contributed by atoms with E-state index in [-0.39, 0.29) is 23.3 Å². The maximum Gasteiger partial charge on any atom is 0.253 e. The number of benzene rings is 2. The molecule has 4 rings (SSSR count). The summed E-state index contributed by atoms with van der Waals surface area (Å²) in [6.45, 7) is 2.17. The fourth-order valence-corrected chi connectivity index (χ4v) is 6.17. The van der Waals surface area contributed by atoms with Gasteiger partial charge in [0, 0.05) is 36.8 Å². The summed E-state index contributed by atoms with van der Waals surface area (Å²) >= 11 is 5.87. The summed E-state index contributed by atoms with van der Waals surface area (Å²) in [5.74, 6) is -0.280. The van der Waals surface area contributed by atoms with Crippen molar-refractivity contribution in [3.05, 3.63) is 64.7 Å². The summed E-state index contributed by atoms with van der Waals surface area (Å²) in [7, 11) is -3.79. The summed E-state index contributed by atoms with van der Waals surface area (Å²) in [4.78, 5) is 27.5. The quantitative estimate of drug-likeness (QED) is 0.673. The van der Waals surface area contributed by atoms with Crippen molar-refractivity contribution in [1.29, 1.82) is 0 Å². The molecule has 0 unspecified atom stereocenters. The first-order chi connectivity index (χ1) is 15.9. The lowest BCUT2D eigenvalue weighted by Crippen LogP contribution is -2.45. The molecule has 7 nitrogen and oxygen atoms in total. The first kappa shape index (κ1) is 23.7. The van der Waals surface area contributed by atoms with Crippen LogP contribution in [0.25, 0.3) is 0 Å². The number of halogens is 1. The molecule has 0 aromatic heterocycles. The molecular weight excluding hydrogens is 462 g/mol. The van der Waals surface area contributed by atoms with Crippen LogP contribution >= 0.6 is 11.6 Å². The first-order valence-electron chi connectivity index (χ1n) is 11.3. The minimum absolute atomic E-state index is 0.0410. The zero-order valence-electron chi connectivity index (χ0n) is 18.4. The third kappa shape index (κ3) is 5.39. The van der Waals surface area contributed by atoms with Crippen LogP contribution < -0.4 is 5.32 Å². The Kier molecular flexibility index (Phi) is 7.36. The molecule has 176 valence electrons. The van der Waals surface area contributed by atoms with Crippen LogP contribution in [-0.4, -0.2) is 55.1 Å². The van der Waals surface area contributed by atoms with E-state index in [1.54, 1.807) is 12.1 Å². The molecule has 2 aliphatic rings. The fourth-order valence-electron chi connectivity index (χ4n) is 4.38. The number of amides is 2. The van der Waals surface area contributed by atoms with Gasteiger partial charge in [-0.15, -0.1) is 0 Å². The van der Waals surface area contributed by atoms with Gasteiger partial charge in [0.05, 0.1) is 4.90 Å². The molecule has 2 amide bonds. The van der Waals surface area contributed by atoms with E-state index in [0.717, 1.165) is 31.5 Å². The minimum Gasteiger partial charge on any atom is -0.351 e. The fraction of sp³-hybridized carbons (Fsp3) is 0.417. The third-order valence-electron chi connectivity index (χ3n) is 6.24. The van der Waals surface area contributed by atoms with Crippen LogP contribution in [0.2, 0.25) is 5.02 Å². The minimum atomic E-state index is -3.79. The zero-order valence-corrected chi connectivity index (χ0v) is 19.9. The van der Waals surface area contributed by atoms with Gasteiger partial charge in [0.25, 0.3) is 5.91 Å². The number of nitrogens with one attached hydrogen (secondary N) is 1. The van der Waals surface area contributed by atoms with E-state index in [2.05, 4.69) is 5.32 Å². The number of hydrogen-bond donors (Lipinski definition) is 1. The Morgan fingerprint density at radius 1 is 0.909 bits per heavy atom. The molecule has 2 aromatic carbocycles. The molecule has 0 aliphatic carbocycles. The van der Waals surface area contributed by atoms with E-state index in [9.17, 15) is 18.0 Å². The van der Waals surface area contributed by atoms with Gasteiger partial charge in [0.2, 0.25) is 15.9 Å². The van der Waals surface area contributed by atoms with Crippen molar-refractivity contribution in [3.63, 3.8) is 0 Å². The molecule has 2 aliphatic heterocycles. The average molecular weight is 490 g/mol. The number of rotatable bonds is 6. The highest BCUT2D eigenvalue weighted by Crippen LogP contribution is 2.27. The lowest BCUT2D eigenvalue weighted by molar-refractivity contribution is -0.124. The largest absolute Gasteiger partial charge is 0.351 e. The van der Waals surface area contributed by atoms with Crippen molar-refractivity contribution in [1.82, 2.24) is 14.5 Å². The molecule has 1 atom stereocenters. The number of sulfonamides is 1. The van der Waals surface area contributed by atoms with Crippen LogP contribution in [0, 0.1) is 0 Å². The molecule has 0 spiro atoms. The Balaban J connectivity index is 1.37. The summed E-state index contributed by atoms with van der Waals surface area (Å²) in [5, 5.41) is 3.31. The van der Waals surface area contributed by atoms with Gasteiger partial charge in [0.15, 0.2) is 0 Å². The molecule has 2 aromatic rings. The standard InChI is InChI=1S/C24H28ClN3O4S/c25-20-10-12-21(13-11-20)33(31,32)28-16-4-5-22(28)23(29)26-17-18-6-8-19(9-7-18)24(30)27-14-2-1-3-15-27/h6-13,22H,1-5,14-17H2,(H,26,29)/t22-/m0/s1. The van der Waals surface area contributed by atoms with Gasteiger partial charge < -0.3 is 10.2 Å². The third-order valence-corrected chi connectivity index (χ3v) is 8.41. The predicted octanol–water partition coefficient (Wildman–Crippen LogP) is 3.44. The second kappa shape index (κ2) is 10.2. The Bertz CT molecular complexity index is 1100. The highest BCUT2D eigenvalue weighted by molar-refractivity contribution is 7.89. The maximum atomic E-state index is 13.0. The monoisotopic (exact) mass is 489 g/mol. The normalized spacial score (nSPS) is 19.4. The lowest BCUT2D eigenvalue weighted by Gasteiger charge is -2.26. The van der Waals surface area contributed by atoms with Gasteiger partial charge in [-0.05, 0) is 74.1 Å². The van der Waals surface area contributed by atoms with E-state index >= 15 is 0 Å². The number of nitrogens with zero attached hydrogens (tertiary/aromatic N) is 2. The van der Waals surface area contributed by atoms with E-state index < -0.39 is 16.1 Å². The highest BCUT2D eigenvalue weighted by Gasteiger charge is 2.39. The summed E-state index contributed by atoms with van der Waals surface area (Å²) in [6, 6.07) is 12.4. The molecular formula is C24H28ClN3O4S. The van der Waals surface area contributed by atoms with Gasteiger partial charge in [-0.1, -0.05) is 23.7 Å². The van der Waals surface area contributed by atoms with Gasteiger partial charge in [0.1, 0.15) is 6.04 Å². The molecule has 9 heteroatoms. The number of carbonyl (C=O) groups is 2. The van der Waals surface area contributed by atoms with Crippen molar-refractivity contribution in [3.8, 4) is 0 Å². The van der Waals surface area contributed by atoms with Crippen LogP contribution in [0.5, 0.6) is 0 Å². The summed E-state index contributed by atoms with van der Waals surface area (Å²) < 4.78 is 27.3. The highest BCUT2D eigenvalue weighted by atomic mass is 35.5. The van der Waals surface area contributed by atoms with Crippen molar-refractivity contribution >= 4 is 33.4 Å². The molecule has 33 heavy (non-hydrogen) atoms. The van der Waals surface area contributed by atoms with Crippen LogP contribution in [0.15, 0.2) is 53.4 Å². The average Bonchev–Trinajstić information content (AvgIpc) is 3.34. The van der Waals surface area contributed by atoms with E-state index in [1.807, 2.05) is 17.0 Å². The van der Waals surface area contributed by atoms with Gasteiger partial charge >= 0.3 is 0 Å². The van der Waals surface area contributed by atoms with Crippen molar-refractivity contribution in [2.24, 2.45) is 0 Å². The lowest BCUT2D eigenvalue weighted by atomic mass is 10.1. The summed E-state index contributed by atoms with van der Waals surface area (Å²) in [6.07, 6.45) is 4.35. The second-order valence-corrected chi connectivity index (χ2v) is 10.8. The topological polar surface area (TPSA) is 86.8 Å². The van der Waals surface area contributed by atoms with Crippen LogP contribution in [-0.2, 0) is 21.4 Å². The zero-order chi connectivity index (χ0) is 23.4. The van der Waals surface area contributed by atoms with Gasteiger partial charge in [-0.25, -0.2) is 8.42 Å². The van der Waals surface area contributed by atoms with Crippen molar-refractivity contribution in [2.75, 3.05) is 19.6 Å². The number of likely N-dealkylation sites (tertiary alicyclic amines) is 1. The number of carbonyl (C=O) groups excluding carboxylic acids is 2. The van der Waals surface area contributed by atoms with Crippen LogP contribution in [0.4, 0.5) is 0 Å². The SMILES string of the molecule is O=C(NCc1ccc(C(=O)N2CCCCC2)cc1)[C@@H]1CCCN1S(=O)(=O)c1ccc(Cl)cc1. The van der Waals surface area contributed by atoms with Crippen molar-refractivity contribution in [2.45, 2.75) is 49.6 Å². The molecule has 2 saturated heterocycles. The second-order valence-electron chi connectivity index (χ2n) is 8.50. The van der Waals surface area contributed by atoms with Crippen LogP contribution in [0.1, 0.15) is 48.0 Å². The molecule has 0 radical (unpaired) electrons. The van der Waals surface area contributed by atoms with Gasteiger partial charge in [-0.2, -0.15) is 4.31 Å². The van der Waals surface area contributed by atoms with E-state index in [0.29, 0.717) is 30.0 Å².